The van der Waals surface area contributed by atoms with Gasteiger partial charge in [0.25, 0.3) is 0 Å². The van der Waals surface area contributed by atoms with Crippen molar-refractivity contribution in [3.63, 3.8) is 0 Å². The first kappa shape index (κ1) is 15.3. The summed E-state index contributed by atoms with van der Waals surface area (Å²) in [5.74, 6) is 1.28. The molecule has 7 nitrogen and oxygen atoms in total. The number of rotatable bonds is 5. The molecule has 4 rings (SSSR count). The second-order valence-electron chi connectivity index (χ2n) is 6.78. The van der Waals surface area contributed by atoms with Crippen molar-refractivity contribution in [2.45, 2.75) is 37.6 Å². The fourth-order valence-electron chi connectivity index (χ4n) is 3.64. The summed E-state index contributed by atoms with van der Waals surface area (Å²) in [4.78, 5) is 14.3. The van der Waals surface area contributed by atoms with Crippen LogP contribution < -0.4 is 5.32 Å². The van der Waals surface area contributed by atoms with Crippen molar-refractivity contribution in [2.75, 3.05) is 19.6 Å². The zero-order valence-corrected chi connectivity index (χ0v) is 13.6. The van der Waals surface area contributed by atoms with Gasteiger partial charge >= 0.3 is 0 Å². The van der Waals surface area contributed by atoms with Crippen molar-refractivity contribution in [3.05, 3.63) is 29.8 Å². The van der Waals surface area contributed by atoms with E-state index < -0.39 is 0 Å². The number of H-pyrrole nitrogens is 1. The topological polar surface area (TPSA) is 86.8 Å². The minimum atomic E-state index is 0.167. The van der Waals surface area contributed by atoms with Gasteiger partial charge in [-0.3, -0.25) is 9.69 Å². The fraction of sp³-hybridized carbons (Fsp3) is 0.529. The van der Waals surface area contributed by atoms with E-state index in [-0.39, 0.29) is 5.91 Å². The van der Waals surface area contributed by atoms with Gasteiger partial charge in [-0.15, -0.1) is 10.2 Å². The van der Waals surface area contributed by atoms with Gasteiger partial charge in [-0.1, -0.05) is 18.2 Å². The lowest BCUT2D eigenvalue weighted by atomic mass is 9.75. The minimum absolute atomic E-state index is 0.167. The molecule has 0 bridgehead atoms. The molecule has 0 spiro atoms. The van der Waals surface area contributed by atoms with Crippen molar-refractivity contribution in [1.29, 1.82) is 0 Å². The number of aromatic nitrogens is 4. The molecule has 7 heteroatoms. The number of carbonyl (C=O) groups is 1. The predicted molar refractivity (Wildman–Crippen MR) is 89.2 cm³/mol. The van der Waals surface area contributed by atoms with Gasteiger partial charge in [-0.25, -0.2) is 0 Å². The van der Waals surface area contributed by atoms with Gasteiger partial charge in [0.2, 0.25) is 11.7 Å². The van der Waals surface area contributed by atoms with E-state index in [1.165, 1.54) is 18.4 Å². The molecule has 0 radical (unpaired) electrons. The quantitative estimate of drug-likeness (QED) is 0.865. The summed E-state index contributed by atoms with van der Waals surface area (Å²) in [5, 5.41) is 17.3. The zero-order chi connectivity index (χ0) is 16.4. The smallest absolute Gasteiger partial charge is 0.234 e. The summed E-state index contributed by atoms with van der Waals surface area (Å²) in [6.45, 7) is 2.67. The van der Waals surface area contributed by atoms with Crippen LogP contribution in [-0.2, 0) is 4.79 Å². The molecule has 2 N–H and O–H groups in total. The molecule has 126 valence electrons. The zero-order valence-electron chi connectivity index (χ0n) is 13.6. The number of hydrogen-bond donors (Lipinski definition) is 2. The van der Waals surface area contributed by atoms with Crippen molar-refractivity contribution < 1.29 is 4.79 Å². The molecule has 2 aromatic rings. The first-order valence-electron chi connectivity index (χ1n) is 8.63. The Bertz CT molecular complexity index is 689. The number of hydrogen-bond acceptors (Lipinski definition) is 5. The molecular formula is C17H22N6O. The van der Waals surface area contributed by atoms with E-state index in [1.807, 2.05) is 12.1 Å². The summed E-state index contributed by atoms with van der Waals surface area (Å²) >= 11 is 0. The van der Waals surface area contributed by atoms with Gasteiger partial charge in [0.15, 0.2) is 0 Å². The van der Waals surface area contributed by atoms with Gasteiger partial charge in [-0.2, -0.15) is 5.21 Å². The molecule has 24 heavy (non-hydrogen) atoms. The third-order valence-corrected chi connectivity index (χ3v) is 5.03. The van der Waals surface area contributed by atoms with Crippen molar-refractivity contribution in [2.24, 2.45) is 0 Å². The van der Waals surface area contributed by atoms with Crippen LogP contribution in [0.3, 0.4) is 0 Å². The van der Waals surface area contributed by atoms with E-state index >= 15 is 0 Å². The van der Waals surface area contributed by atoms with E-state index in [0.717, 1.165) is 31.5 Å². The van der Waals surface area contributed by atoms with E-state index in [4.69, 9.17) is 0 Å². The van der Waals surface area contributed by atoms with Gasteiger partial charge in [-0.05, 0) is 61.5 Å². The first-order valence-corrected chi connectivity index (χ1v) is 8.63. The van der Waals surface area contributed by atoms with Crippen LogP contribution in [-0.4, -0.2) is 57.1 Å². The SMILES string of the molecule is O=C(CN1CCCC1)NC1CC(c2cccc(-c3nn[nH]n3)c2)C1. The number of carbonyl (C=O) groups excluding carboxylic acids is 1. The van der Waals surface area contributed by atoms with Crippen LogP contribution in [0.1, 0.15) is 37.2 Å². The van der Waals surface area contributed by atoms with Crippen LogP contribution in [0.2, 0.25) is 0 Å². The second kappa shape index (κ2) is 6.68. The Morgan fingerprint density at radius 3 is 2.88 bits per heavy atom. The van der Waals surface area contributed by atoms with Crippen LogP contribution in [0.4, 0.5) is 0 Å². The van der Waals surface area contributed by atoms with Crippen molar-refractivity contribution >= 4 is 5.91 Å². The molecule has 1 amide bonds. The highest BCUT2D eigenvalue weighted by atomic mass is 16.2. The van der Waals surface area contributed by atoms with E-state index in [1.54, 1.807) is 0 Å². The number of likely N-dealkylation sites (tertiary alicyclic amines) is 1. The summed E-state index contributed by atoms with van der Waals surface area (Å²) in [5.41, 5.74) is 2.25. The Morgan fingerprint density at radius 2 is 2.12 bits per heavy atom. The Hall–Kier alpha value is -2.28. The summed E-state index contributed by atoms with van der Waals surface area (Å²) in [7, 11) is 0. The lowest BCUT2D eigenvalue weighted by molar-refractivity contribution is -0.123. The molecule has 2 fully saturated rings. The van der Waals surface area contributed by atoms with E-state index in [2.05, 4.69) is 43.0 Å². The van der Waals surface area contributed by atoms with Crippen molar-refractivity contribution in [1.82, 2.24) is 30.8 Å². The number of nitrogens with zero attached hydrogens (tertiary/aromatic N) is 4. The lowest BCUT2D eigenvalue weighted by Crippen LogP contribution is -2.46. The highest BCUT2D eigenvalue weighted by Crippen LogP contribution is 2.37. The van der Waals surface area contributed by atoms with Gasteiger partial charge in [0.1, 0.15) is 0 Å². The molecule has 1 saturated carbocycles. The van der Waals surface area contributed by atoms with E-state index in [9.17, 15) is 4.79 Å². The van der Waals surface area contributed by atoms with Gasteiger partial charge in [0, 0.05) is 11.6 Å². The standard InChI is InChI=1S/C17H22N6O/c24-16(11-23-6-1-2-7-23)18-15-9-14(10-15)12-4-3-5-13(8-12)17-19-21-22-20-17/h3-5,8,14-15H,1-2,6-7,9-11H2,(H,18,24)(H,19,20,21,22). The molecule has 1 aromatic heterocycles. The normalized spacial score (nSPS) is 23.8. The monoisotopic (exact) mass is 326 g/mol. The molecule has 0 atom stereocenters. The molecule has 1 aliphatic heterocycles. The number of nitrogens with one attached hydrogen (secondary N) is 2. The molecule has 2 heterocycles. The number of amides is 1. The summed E-state index contributed by atoms with van der Waals surface area (Å²) in [6, 6.07) is 8.58. The average Bonchev–Trinajstić information content (AvgIpc) is 3.24. The number of tetrazole rings is 1. The van der Waals surface area contributed by atoms with Crippen LogP contribution in [0.5, 0.6) is 0 Å². The maximum atomic E-state index is 12.1. The van der Waals surface area contributed by atoms with Crippen LogP contribution in [0.15, 0.2) is 24.3 Å². The minimum Gasteiger partial charge on any atom is -0.352 e. The molecule has 2 aliphatic rings. The third kappa shape index (κ3) is 3.31. The van der Waals surface area contributed by atoms with E-state index in [0.29, 0.717) is 24.3 Å². The highest BCUT2D eigenvalue weighted by Gasteiger charge is 2.32. The second-order valence-corrected chi connectivity index (χ2v) is 6.78. The lowest BCUT2D eigenvalue weighted by Gasteiger charge is -2.36. The van der Waals surface area contributed by atoms with Crippen LogP contribution in [0.25, 0.3) is 11.4 Å². The largest absolute Gasteiger partial charge is 0.352 e. The Balaban J connectivity index is 1.29. The molecular weight excluding hydrogens is 304 g/mol. The Kier molecular flexibility index (Phi) is 4.25. The highest BCUT2D eigenvalue weighted by molar-refractivity contribution is 5.78. The predicted octanol–water partition coefficient (Wildman–Crippen LogP) is 1.32. The maximum absolute atomic E-state index is 12.1. The summed E-state index contributed by atoms with van der Waals surface area (Å²) in [6.07, 6.45) is 4.44. The van der Waals surface area contributed by atoms with Crippen LogP contribution in [0, 0.1) is 0 Å². The Labute approximate surface area is 140 Å². The van der Waals surface area contributed by atoms with Crippen LogP contribution >= 0.6 is 0 Å². The molecule has 1 aromatic carbocycles. The first-order chi connectivity index (χ1) is 11.8. The van der Waals surface area contributed by atoms with Gasteiger partial charge in [0.05, 0.1) is 6.54 Å². The number of benzene rings is 1. The molecule has 0 unspecified atom stereocenters. The third-order valence-electron chi connectivity index (χ3n) is 5.03. The maximum Gasteiger partial charge on any atom is 0.234 e. The number of aromatic amines is 1. The van der Waals surface area contributed by atoms with Crippen molar-refractivity contribution in [3.8, 4) is 11.4 Å². The molecule has 1 saturated heterocycles. The Morgan fingerprint density at radius 1 is 1.29 bits per heavy atom. The average molecular weight is 326 g/mol. The summed E-state index contributed by atoms with van der Waals surface area (Å²) < 4.78 is 0. The molecule has 1 aliphatic carbocycles. The van der Waals surface area contributed by atoms with Gasteiger partial charge < -0.3 is 5.32 Å². The fourth-order valence-corrected chi connectivity index (χ4v) is 3.64.